The second-order valence-electron chi connectivity index (χ2n) is 7.44. The van der Waals surface area contributed by atoms with Gasteiger partial charge in [0, 0.05) is 40.6 Å². The third-order valence-electron chi connectivity index (χ3n) is 4.20. The van der Waals surface area contributed by atoms with Crippen LogP contribution < -0.4 is 4.74 Å². The Kier molecular flexibility index (Phi) is 5.64. The van der Waals surface area contributed by atoms with Gasteiger partial charge in [-0.25, -0.2) is 4.79 Å². The maximum atomic E-state index is 12.4. The predicted octanol–water partition coefficient (Wildman–Crippen LogP) is 4.60. The van der Waals surface area contributed by atoms with Crippen LogP contribution in [-0.4, -0.2) is 34.5 Å². The summed E-state index contributed by atoms with van der Waals surface area (Å²) >= 11 is 0. The molecular weight excluding hydrogens is 368 g/mol. The fourth-order valence-electron chi connectivity index (χ4n) is 2.96. The molecule has 3 rings (SSSR count). The number of nitriles is 1. The molecule has 3 aromatic rings. The number of pyridine rings is 1. The Balaban J connectivity index is 2.13. The number of aromatic amines is 1. The third-order valence-corrected chi connectivity index (χ3v) is 4.20. The quantitative estimate of drug-likeness (QED) is 0.656. The first-order chi connectivity index (χ1) is 13.8. The van der Waals surface area contributed by atoms with Crippen LogP contribution in [0, 0.1) is 11.3 Å². The zero-order valence-electron chi connectivity index (χ0n) is 16.8. The average molecular weight is 390 g/mol. The maximum Gasteiger partial charge on any atom is 0.434 e. The van der Waals surface area contributed by atoms with E-state index in [9.17, 15) is 10.1 Å². The van der Waals surface area contributed by atoms with Gasteiger partial charge in [-0.05, 0) is 45.0 Å². The lowest BCUT2D eigenvalue weighted by Gasteiger charge is -2.18. The summed E-state index contributed by atoms with van der Waals surface area (Å²) in [5.41, 5.74) is 1.69. The molecule has 0 bridgehead atoms. The van der Waals surface area contributed by atoms with Crippen LogP contribution in [-0.2, 0) is 4.74 Å². The molecule has 0 aliphatic heterocycles. The number of fused-ring (bicyclic) bond motifs is 1. The van der Waals surface area contributed by atoms with Gasteiger partial charge in [0.25, 0.3) is 0 Å². The molecule has 1 N–H and O–H groups in total. The first kappa shape index (κ1) is 20.1. The maximum absolute atomic E-state index is 12.4. The molecule has 0 spiro atoms. The minimum atomic E-state index is -0.812. The van der Waals surface area contributed by atoms with E-state index < -0.39 is 17.6 Å². The van der Waals surface area contributed by atoms with Gasteiger partial charge in [0.15, 0.2) is 0 Å². The molecule has 29 heavy (non-hydrogen) atoms. The molecule has 0 saturated heterocycles. The highest BCUT2D eigenvalue weighted by Crippen LogP contribution is 2.31. The van der Waals surface area contributed by atoms with Gasteiger partial charge in [0.1, 0.15) is 17.3 Å². The molecule has 0 fully saturated rings. The van der Waals surface area contributed by atoms with E-state index >= 15 is 0 Å². The van der Waals surface area contributed by atoms with Crippen molar-refractivity contribution in [3.05, 3.63) is 60.0 Å². The summed E-state index contributed by atoms with van der Waals surface area (Å²) in [5.74, 6) is -0.144. The van der Waals surface area contributed by atoms with Crippen LogP contribution in [0.2, 0.25) is 0 Å². The van der Waals surface area contributed by atoms with E-state index in [1.807, 2.05) is 18.2 Å². The van der Waals surface area contributed by atoms with Gasteiger partial charge in [-0.15, -0.1) is 0 Å². The van der Waals surface area contributed by atoms with Crippen LogP contribution in [0.1, 0.15) is 37.8 Å². The predicted molar refractivity (Wildman–Crippen MR) is 110 cm³/mol. The number of methoxy groups -OCH3 is 1. The molecule has 1 unspecified atom stereocenters. The van der Waals surface area contributed by atoms with Crippen molar-refractivity contribution in [3.8, 4) is 11.8 Å². The first-order valence-corrected chi connectivity index (χ1v) is 9.09. The number of rotatable bonds is 4. The van der Waals surface area contributed by atoms with E-state index in [2.05, 4.69) is 21.0 Å². The SMILES string of the molecule is COc1ccc2[nH]cc(C(C#N)C(=NC(=O)OC(C)(C)C)c3cccnc3)c2c1. The normalized spacial score (nSPS) is 13.0. The molecule has 7 heteroatoms. The summed E-state index contributed by atoms with van der Waals surface area (Å²) in [5, 5.41) is 10.8. The zero-order chi connectivity index (χ0) is 21.0. The number of H-pyrrole nitrogens is 1. The van der Waals surface area contributed by atoms with Crippen molar-refractivity contribution in [3.63, 3.8) is 0 Å². The molecule has 148 valence electrons. The number of hydrogen-bond donors (Lipinski definition) is 1. The number of nitrogens with zero attached hydrogens (tertiary/aromatic N) is 3. The smallest absolute Gasteiger partial charge is 0.434 e. The molecule has 0 radical (unpaired) electrons. The largest absolute Gasteiger partial charge is 0.497 e. The van der Waals surface area contributed by atoms with Gasteiger partial charge in [-0.2, -0.15) is 10.3 Å². The van der Waals surface area contributed by atoms with Crippen LogP contribution >= 0.6 is 0 Å². The second kappa shape index (κ2) is 8.15. The summed E-state index contributed by atoms with van der Waals surface area (Å²) in [4.78, 5) is 23.8. The lowest BCUT2D eigenvalue weighted by atomic mass is 9.91. The van der Waals surface area contributed by atoms with Crippen LogP contribution in [0.3, 0.4) is 0 Å². The highest BCUT2D eigenvalue weighted by atomic mass is 16.6. The Labute approximate surface area is 169 Å². The van der Waals surface area contributed by atoms with E-state index in [0.29, 0.717) is 16.9 Å². The molecule has 2 aromatic heterocycles. The van der Waals surface area contributed by atoms with E-state index in [1.165, 1.54) is 0 Å². The Morgan fingerprint density at radius 1 is 1.31 bits per heavy atom. The second-order valence-corrected chi connectivity index (χ2v) is 7.44. The van der Waals surface area contributed by atoms with Crippen molar-refractivity contribution in [2.24, 2.45) is 4.99 Å². The van der Waals surface area contributed by atoms with Gasteiger partial charge in [0.05, 0.1) is 18.9 Å². The van der Waals surface area contributed by atoms with Crippen molar-refractivity contribution in [1.82, 2.24) is 9.97 Å². The topological polar surface area (TPSA) is 100 Å². The average Bonchev–Trinajstić information content (AvgIpc) is 3.10. The third kappa shape index (κ3) is 4.61. The molecule has 0 aliphatic rings. The molecule has 7 nitrogen and oxygen atoms in total. The number of carbonyl (C=O) groups excluding carboxylic acids is 1. The van der Waals surface area contributed by atoms with Gasteiger partial charge in [-0.1, -0.05) is 6.07 Å². The summed E-state index contributed by atoms with van der Waals surface area (Å²) < 4.78 is 10.7. The summed E-state index contributed by atoms with van der Waals surface area (Å²) in [6, 6.07) is 11.3. The Morgan fingerprint density at radius 3 is 2.72 bits per heavy atom. The van der Waals surface area contributed by atoms with Gasteiger partial charge in [0.2, 0.25) is 0 Å². The molecule has 1 amide bonds. The number of amides is 1. The fourth-order valence-corrected chi connectivity index (χ4v) is 2.96. The molecular formula is C22H22N4O3. The first-order valence-electron chi connectivity index (χ1n) is 9.09. The Morgan fingerprint density at radius 2 is 2.10 bits per heavy atom. The lowest BCUT2D eigenvalue weighted by Crippen LogP contribution is -2.24. The van der Waals surface area contributed by atoms with Crippen molar-refractivity contribution in [1.29, 1.82) is 5.26 Å². The van der Waals surface area contributed by atoms with E-state index in [0.717, 1.165) is 10.9 Å². The van der Waals surface area contributed by atoms with Crippen molar-refractivity contribution in [2.45, 2.75) is 32.3 Å². The molecule has 0 aliphatic carbocycles. The number of hydrogen-bond acceptors (Lipinski definition) is 5. The standard InChI is InChI=1S/C22H22N4O3/c1-22(2,3)29-21(27)26-20(14-6-5-9-24-12-14)17(11-23)18-13-25-19-8-7-15(28-4)10-16(18)19/h5-10,12-13,17,25H,1-4H3. The molecule has 2 heterocycles. The number of aromatic nitrogens is 2. The summed E-state index contributed by atoms with van der Waals surface area (Å²) in [7, 11) is 1.58. The van der Waals surface area contributed by atoms with Crippen molar-refractivity contribution in [2.75, 3.05) is 7.11 Å². The van der Waals surface area contributed by atoms with Crippen LogP contribution in [0.5, 0.6) is 5.75 Å². The number of aliphatic imine (C=N–C) groups is 1. The van der Waals surface area contributed by atoms with Crippen LogP contribution in [0.15, 0.2) is 53.9 Å². The van der Waals surface area contributed by atoms with Gasteiger partial charge in [-0.3, -0.25) is 4.98 Å². The van der Waals surface area contributed by atoms with E-state index in [4.69, 9.17) is 9.47 Å². The fraction of sp³-hybridized carbons (Fsp3) is 0.273. The van der Waals surface area contributed by atoms with Gasteiger partial charge >= 0.3 is 6.09 Å². The number of carbonyl (C=O) groups is 1. The highest BCUT2D eigenvalue weighted by molar-refractivity contribution is 6.12. The minimum Gasteiger partial charge on any atom is -0.497 e. The van der Waals surface area contributed by atoms with E-state index in [-0.39, 0.29) is 5.71 Å². The van der Waals surface area contributed by atoms with Crippen molar-refractivity contribution < 1.29 is 14.3 Å². The number of ether oxygens (including phenoxy) is 2. The molecule has 1 aromatic carbocycles. The monoisotopic (exact) mass is 390 g/mol. The molecule has 0 saturated carbocycles. The Hall–Kier alpha value is -3.66. The Bertz CT molecular complexity index is 1090. The summed E-state index contributed by atoms with van der Waals surface area (Å²) in [6.45, 7) is 5.29. The molecule has 1 atom stereocenters. The van der Waals surface area contributed by atoms with Crippen LogP contribution in [0.4, 0.5) is 4.79 Å². The number of nitrogens with one attached hydrogen (secondary N) is 1. The highest BCUT2D eigenvalue weighted by Gasteiger charge is 2.26. The lowest BCUT2D eigenvalue weighted by molar-refractivity contribution is 0.0604. The number of benzene rings is 1. The van der Waals surface area contributed by atoms with Crippen molar-refractivity contribution >= 4 is 22.7 Å². The summed E-state index contributed by atoms with van der Waals surface area (Å²) in [6.07, 6.45) is 4.18. The van der Waals surface area contributed by atoms with Crippen LogP contribution in [0.25, 0.3) is 10.9 Å². The minimum absolute atomic E-state index is 0.276. The zero-order valence-corrected chi connectivity index (χ0v) is 16.8. The van der Waals surface area contributed by atoms with E-state index in [1.54, 1.807) is 58.6 Å². The van der Waals surface area contributed by atoms with Gasteiger partial charge < -0.3 is 14.5 Å².